The molecule has 0 heterocycles. The van der Waals surface area contributed by atoms with Crippen LogP contribution < -0.4 is 9.47 Å². The fourth-order valence-corrected chi connectivity index (χ4v) is 2.46. The average Bonchev–Trinajstić information content (AvgIpc) is 2.66. The molecule has 0 saturated heterocycles. The first-order chi connectivity index (χ1) is 12.6. The first-order valence-electron chi connectivity index (χ1n) is 8.46. The Hall–Kier alpha value is -2.24. The zero-order valence-electron chi connectivity index (χ0n) is 15.1. The topological polar surface area (TPSA) is 48.0 Å². The van der Waals surface area contributed by atoms with Gasteiger partial charge in [-0.15, -0.1) is 0 Å². The Morgan fingerprint density at radius 1 is 1.00 bits per heavy atom. The van der Waals surface area contributed by atoms with Crippen molar-refractivity contribution >= 4 is 17.5 Å². The highest BCUT2D eigenvalue weighted by atomic mass is 35.5. The van der Waals surface area contributed by atoms with Gasteiger partial charge in [0.25, 0.3) is 5.91 Å². The van der Waals surface area contributed by atoms with E-state index in [2.05, 4.69) is 0 Å². The molecule has 2 rings (SSSR count). The van der Waals surface area contributed by atoms with Gasteiger partial charge in [0, 0.05) is 25.7 Å². The van der Waals surface area contributed by atoms with E-state index in [0.717, 1.165) is 12.2 Å². The van der Waals surface area contributed by atoms with Gasteiger partial charge in [0.1, 0.15) is 18.1 Å². The number of hydrogen-bond donors (Lipinski definition) is 0. The van der Waals surface area contributed by atoms with Crippen molar-refractivity contribution < 1.29 is 19.0 Å². The van der Waals surface area contributed by atoms with Crippen molar-refractivity contribution in [3.63, 3.8) is 0 Å². The molecular weight excluding hydrogens is 354 g/mol. The number of methoxy groups -OCH3 is 1. The predicted octanol–water partition coefficient (Wildman–Crippen LogP) is 3.91. The number of amides is 1. The number of benzene rings is 2. The summed E-state index contributed by atoms with van der Waals surface area (Å²) in [6.07, 6.45) is 0.720. The van der Waals surface area contributed by atoms with Gasteiger partial charge in [0.05, 0.1) is 18.8 Å². The number of carbonyl (C=O) groups excluding carboxylic acids is 1. The molecule has 0 saturated carbocycles. The van der Waals surface area contributed by atoms with E-state index < -0.39 is 0 Å². The van der Waals surface area contributed by atoms with Gasteiger partial charge in [-0.3, -0.25) is 4.79 Å². The van der Waals surface area contributed by atoms with Gasteiger partial charge in [-0.2, -0.15) is 0 Å². The molecule has 0 fully saturated rings. The van der Waals surface area contributed by atoms with Gasteiger partial charge in [-0.1, -0.05) is 23.7 Å². The van der Waals surface area contributed by atoms with E-state index >= 15 is 0 Å². The van der Waals surface area contributed by atoms with E-state index in [9.17, 15) is 4.79 Å². The summed E-state index contributed by atoms with van der Waals surface area (Å²) in [7, 11) is 3.39. The molecule has 0 atom stereocenters. The van der Waals surface area contributed by atoms with Gasteiger partial charge in [0.15, 0.2) is 0 Å². The highest BCUT2D eigenvalue weighted by Gasteiger charge is 2.16. The monoisotopic (exact) mass is 377 g/mol. The summed E-state index contributed by atoms with van der Waals surface area (Å²) in [6.45, 7) is 1.98. The molecule has 0 radical (unpaired) electrons. The maximum absolute atomic E-state index is 12.7. The third-order valence-electron chi connectivity index (χ3n) is 3.73. The third kappa shape index (κ3) is 6.24. The highest BCUT2D eigenvalue weighted by molar-refractivity contribution is 6.30. The van der Waals surface area contributed by atoms with Crippen LogP contribution in [0.3, 0.4) is 0 Å². The van der Waals surface area contributed by atoms with Crippen LogP contribution >= 0.6 is 11.6 Å². The summed E-state index contributed by atoms with van der Waals surface area (Å²) in [5.74, 6) is 1.25. The Morgan fingerprint density at radius 3 is 2.46 bits per heavy atom. The second kappa shape index (κ2) is 10.7. The molecule has 5 nitrogen and oxygen atoms in total. The Kier molecular flexibility index (Phi) is 8.25. The van der Waals surface area contributed by atoms with Crippen LogP contribution in [0.4, 0.5) is 0 Å². The molecule has 26 heavy (non-hydrogen) atoms. The molecular formula is C20H24ClNO4. The fraction of sp³-hybridized carbons (Fsp3) is 0.350. The van der Waals surface area contributed by atoms with Crippen molar-refractivity contribution in [3.8, 4) is 11.5 Å². The van der Waals surface area contributed by atoms with Crippen molar-refractivity contribution in [3.05, 3.63) is 59.1 Å². The fourth-order valence-electron chi connectivity index (χ4n) is 2.33. The van der Waals surface area contributed by atoms with Crippen LogP contribution in [0.15, 0.2) is 48.5 Å². The lowest BCUT2D eigenvalue weighted by Crippen LogP contribution is -2.29. The Balaban J connectivity index is 1.82. The minimum absolute atomic E-state index is 0.0792. The molecule has 0 aliphatic rings. The van der Waals surface area contributed by atoms with Crippen molar-refractivity contribution in [2.24, 2.45) is 0 Å². The summed E-state index contributed by atoms with van der Waals surface area (Å²) in [4.78, 5) is 14.3. The van der Waals surface area contributed by atoms with E-state index in [0.29, 0.717) is 42.7 Å². The number of rotatable bonds is 10. The van der Waals surface area contributed by atoms with E-state index in [1.54, 1.807) is 43.3 Å². The molecule has 0 bridgehead atoms. The summed E-state index contributed by atoms with van der Waals surface area (Å²) in [5.41, 5.74) is 0.546. The lowest BCUT2D eigenvalue weighted by molar-refractivity contribution is 0.0780. The molecule has 6 heteroatoms. The normalized spacial score (nSPS) is 10.4. The molecule has 2 aromatic carbocycles. The summed E-state index contributed by atoms with van der Waals surface area (Å²) >= 11 is 5.84. The van der Waals surface area contributed by atoms with Crippen LogP contribution in [0.2, 0.25) is 5.02 Å². The van der Waals surface area contributed by atoms with Crippen molar-refractivity contribution in [2.45, 2.75) is 6.42 Å². The number of halogens is 1. The van der Waals surface area contributed by atoms with Gasteiger partial charge >= 0.3 is 0 Å². The maximum atomic E-state index is 12.7. The van der Waals surface area contributed by atoms with E-state index in [1.165, 1.54) is 0 Å². The van der Waals surface area contributed by atoms with Crippen LogP contribution in [0.5, 0.6) is 11.5 Å². The lowest BCUT2D eigenvalue weighted by atomic mass is 10.1. The molecule has 0 spiro atoms. The summed E-state index contributed by atoms with van der Waals surface area (Å²) < 4.78 is 16.3. The maximum Gasteiger partial charge on any atom is 0.257 e. The average molecular weight is 378 g/mol. The number of ether oxygens (including phenoxy) is 3. The Bertz CT molecular complexity index is 690. The van der Waals surface area contributed by atoms with Gasteiger partial charge < -0.3 is 19.1 Å². The first kappa shape index (κ1) is 20.1. The minimum Gasteiger partial charge on any atom is -0.494 e. The SMILES string of the molecule is COCCOc1ccccc1C(=O)N(C)CCCOc1ccc(Cl)cc1. The van der Waals surface area contributed by atoms with Crippen LogP contribution in [0.1, 0.15) is 16.8 Å². The molecule has 0 aromatic heterocycles. The zero-order valence-corrected chi connectivity index (χ0v) is 15.9. The zero-order chi connectivity index (χ0) is 18.8. The molecule has 0 aliphatic heterocycles. The summed E-state index contributed by atoms with van der Waals surface area (Å²) in [5, 5.41) is 0.675. The number of nitrogens with zero attached hydrogens (tertiary/aromatic N) is 1. The molecule has 0 N–H and O–H groups in total. The minimum atomic E-state index is -0.0792. The molecule has 2 aromatic rings. The van der Waals surface area contributed by atoms with E-state index in [-0.39, 0.29) is 5.91 Å². The van der Waals surface area contributed by atoms with Crippen LogP contribution in [-0.2, 0) is 4.74 Å². The first-order valence-corrected chi connectivity index (χ1v) is 8.84. The highest BCUT2D eigenvalue weighted by Crippen LogP contribution is 2.20. The third-order valence-corrected chi connectivity index (χ3v) is 3.98. The second-order valence-electron chi connectivity index (χ2n) is 5.72. The van der Waals surface area contributed by atoms with Crippen LogP contribution in [-0.4, -0.2) is 51.3 Å². The number of hydrogen-bond acceptors (Lipinski definition) is 4. The van der Waals surface area contributed by atoms with Gasteiger partial charge in [0.2, 0.25) is 0 Å². The van der Waals surface area contributed by atoms with Crippen molar-refractivity contribution in [1.82, 2.24) is 4.90 Å². The van der Waals surface area contributed by atoms with Crippen LogP contribution in [0.25, 0.3) is 0 Å². The molecule has 0 aliphatic carbocycles. The van der Waals surface area contributed by atoms with Gasteiger partial charge in [-0.25, -0.2) is 0 Å². The second-order valence-corrected chi connectivity index (χ2v) is 6.16. The van der Waals surface area contributed by atoms with E-state index in [1.807, 2.05) is 24.3 Å². The van der Waals surface area contributed by atoms with E-state index in [4.69, 9.17) is 25.8 Å². The quantitative estimate of drug-likeness (QED) is 0.589. The Morgan fingerprint density at radius 2 is 1.73 bits per heavy atom. The smallest absolute Gasteiger partial charge is 0.257 e. The predicted molar refractivity (Wildman–Crippen MR) is 102 cm³/mol. The number of carbonyl (C=O) groups is 1. The lowest BCUT2D eigenvalue weighted by Gasteiger charge is -2.19. The molecule has 140 valence electrons. The van der Waals surface area contributed by atoms with Crippen molar-refractivity contribution in [1.29, 1.82) is 0 Å². The molecule has 1 amide bonds. The van der Waals surface area contributed by atoms with Gasteiger partial charge in [-0.05, 0) is 42.8 Å². The summed E-state index contributed by atoms with van der Waals surface area (Å²) in [6, 6.07) is 14.5. The number of para-hydroxylation sites is 1. The Labute approximate surface area is 159 Å². The molecule has 0 unspecified atom stereocenters. The van der Waals surface area contributed by atoms with Crippen molar-refractivity contribution in [2.75, 3.05) is 40.5 Å². The standard InChI is InChI=1S/C20H24ClNO4/c1-22(12-5-13-25-17-10-8-16(21)9-11-17)20(23)18-6-3-4-7-19(18)26-15-14-24-2/h3-4,6-11H,5,12-15H2,1-2H3. The van der Waals surface area contributed by atoms with Crippen LogP contribution in [0, 0.1) is 0 Å². The largest absolute Gasteiger partial charge is 0.494 e.